The second-order valence-electron chi connectivity index (χ2n) is 6.08. The van der Waals surface area contributed by atoms with Gasteiger partial charge in [0.05, 0.1) is 0 Å². The summed E-state index contributed by atoms with van der Waals surface area (Å²) in [7, 11) is 0. The molecule has 0 saturated heterocycles. The van der Waals surface area contributed by atoms with Crippen molar-refractivity contribution in [2.24, 2.45) is 0 Å². The van der Waals surface area contributed by atoms with Crippen molar-refractivity contribution in [1.82, 2.24) is 5.32 Å². The maximum atomic E-state index is 3.61. The topological polar surface area (TPSA) is 12.0 Å². The van der Waals surface area contributed by atoms with Crippen molar-refractivity contribution in [1.29, 1.82) is 0 Å². The monoisotopic (exact) mass is 265 g/mol. The van der Waals surface area contributed by atoms with E-state index in [1.807, 2.05) is 0 Å². The minimum absolute atomic E-state index is 1.20. The fourth-order valence-electron chi connectivity index (χ4n) is 2.86. The average molecular weight is 265 g/mol. The Labute approximate surface area is 121 Å². The molecule has 1 rings (SSSR count). The second-order valence-corrected chi connectivity index (χ2v) is 6.08. The van der Waals surface area contributed by atoms with Gasteiger partial charge in [0.2, 0.25) is 0 Å². The molecule has 0 amide bonds. The zero-order valence-corrected chi connectivity index (χ0v) is 13.2. The Bertz CT molecular complexity index is 220. The highest BCUT2D eigenvalue weighted by Gasteiger charge is 2.01. The summed E-state index contributed by atoms with van der Waals surface area (Å²) in [6.45, 7) is 3.49. The molecule has 0 aliphatic heterocycles. The Hall–Kier alpha value is -0.460. The molecule has 0 unspecified atom stereocenters. The van der Waals surface area contributed by atoms with Gasteiger partial charge in [0.1, 0.15) is 0 Å². The molecule has 1 aliphatic rings. The van der Waals surface area contributed by atoms with Crippen LogP contribution in [0.3, 0.4) is 0 Å². The number of rotatable bonds is 12. The molecule has 0 atom stereocenters. The Morgan fingerprint density at radius 1 is 0.842 bits per heavy atom. The van der Waals surface area contributed by atoms with E-state index in [1.54, 1.807) is 0 Å². The molecule has 0 saturated carbocycles. The van der Waals surface area contributed by atoms with Crippen LogP contribution in [0.5, 0.6) is 0 Å². The summed E-state index contributed by atoms with van der Waals surface area (Å²) < 4.78 is 0. The van der Waals surface area contributed by atoms with Crippen LogP contribution in [0.4, 0.5) is 0 Å². The quantitative estimate of drug-likeness (QED) is 0.430. The van der Waals surface area contributed by atoms with E-state index in [-0.39, 0.29) is 0 Å². The summed E-state index contributed by atoms with van der Waals surface area (Å²) in [6.07, 6.45) is 22.1. The van der Waals surface area contributed by atoms with Crippen LogP contribution in [0.25, 0.3) is 0 Å². The van der Waals surface area contributed by atoms with Gasteiger partial charge in [0.15, 0.2) is 0 Å². The highest BCUT2D eigenvalue weighted by molar-refractivity contribution is 5.02. The first kappa shape index (κ1) is 16.6. The predicted molar refractivity (Wildman–Crippen MR) is 86.4 cm³/mol. The van der Waals surface area contributed by atoms with E-state index in [2.05, 4.69) is 18.3 Å². The first-order valence-electron chi connectivity index (χ1n) is 8.86. The molecule has 0 bridgehead atoms. The van der Waals surface area contributed by atoms with Gasteiger partial charge in [0.25, 0.3) is 0 Å². The van der Waals surface area contributed by atoms with Crippen LogP contribution < -0.4 is 5.32 Å². The number of nitrogens with one attached hydrogen (secondary N) is 1. The van der Waals surface area contributed by atoms with Crippen LogP contribution in [0.15, 0.2) is 11.8 Å². The lowest BCUT2D eigenvalue weighted by molar-refractivity contribution is 0.546. The maximum absolute atomic E-state index is 3.61. The van der Waals surface area contributed by atoms with Crippen LogP contribution >= 0.6 is 0 Å². The first-order valence-corrected chi connectivity index (χ1v) is 8.86. The standard InChI is InChI=1S/C18H35N/c1-2-3-4-5-6-7-8-9-10-14-17-19-18-15-12-11-13-16-18/h15,19H,2-14,16-17H2,1H3. The lowest BCUT2D eigenvalue weighted by atomic mass is 10.0. The highest BCUT2D eigenvalue weighted by Crippen LogP contribution is 2.15. The zero-order valence-electron chi connectivity index (χ0n) is 13.2. The van der Waals surface area contributed by atoms with E-state index in [0.717, 1.165) is 0 Å². The fraction of sp³-hybridized carbons (Fsp3) is 0.889. The minimum Gasteiger partial charge on any atom is -0.389 e. The summed E-state index contributed by atoms with van der Waals surface area (Å²) in [4.78, 5) is 0. The van der Waals surface area contributed by atoms with Crippen molar-refractivity contribution in [2.45, 2.75) is 96.8 Å². The molecule has 0 aromatic rings. The van der Waals surface area contributed by atoms with Crippen LogP contribution in [0, 0.1) is 0 Å². The van der Waals surface area contributed by atoms with Crippen molar-refractivity contribution in [3.8, 4) is 0 Å². The number of allylic oxidation sites excluding steroid dienone is 2. The van der Waals surface area contributed by atoms with Gasteiger partial charge in [-0.15, -0.1) is 0 Å². The van der Waals surface area contributed by atoms with E-state index in [4.69, 9.17) is 0 Å². The van der Waals surface area contributed by atoms with Crippen LogP contribution in [-0.2, 0) is 0 Å². The lowest BCUT2D eigenvalue weighted by Crippen LogP contribution is -2.16. The summed E-state index contributed by atoms with van der Waals surface area (Å²) in [6, 6.07) is 0. The normalized spacial score (nSPS) is 15.3. The molecule has 1 heteroatoms. The molecule has 1 N–H and O–H groups in total. The molecule has 112 valence electrons. The van der Waals surface area contributed by atoms with E-state index >= 15 is 0 Å². The van der Waals surface area contributed by atoms with E-state index in [0.29, 0.717) is 0 Å². The minimum atomic E-state index is 1.20. The van der Waals surface area contributed by atoms with Crippen molar-refractivity contribution in [3.05, 3.63) is 11.8 Å². The Kier molecular flexibility index (Phi) is 11.0. The Balaban J connectivity index is 1.75. The molecule has 19 heavy (non-hydrogen) atoms. The highest BCUT2D eigenvalue weighted by atomic mass is 14.9. The smallest absolute Gasteiger partial charge is 0.0143 e. The number of hydrogen-bond donors (Lipinski definition) is 1. The van der Waals surface area contributed by atoms with Crippen LogP contribution in [0.1, 0.15) is 96.8 Å². The van der Waals surface area contributed by atoms with Gasteiger partial charge in [0, 0.05) is 12.2 Å². The van der Waals surface area contributed by atoms with Gasteiger partial charge >= 0.3 is 0 Å². The molecular formula is C18H35N. The van der Waals surface area contributed by atoms with Gasteiger partial charge in [-0.1, -0.05) is 70.8 Å². The third-order valence-electron chi connectivity index (χ3n) is 4.17. The van der Waals surface area contributed by atoms with E-state index in [9.17, 15) is 0 Å². The number of hydrogen-bond acceptors (Lipinski definition) is 1. The summed E-state index contributed by atoms with van der Waals surface area (Å²) in [5.41, 5.74) is 1.52. The van der Waals surface area contributed by atoms with Crippen molar-refractivity contribution in [3.63, 3.8) is 0 Å². The van der Waals surface area contributed by atoms with E-state index < -0.39 is 0 Å². The maximum Gasteiger partial charge on any atom is 0.0143 e. The molecule has 0 aromatic heterocycles. The second kappa shape index (κ2) is 12.6. The Morgan fingerprint density at radius 3 is 2.05 bits per heavy atom. The number of unbranched alkanes of at least 4 members (excludes halogenated alkanes) is 9. The third kappa shape index (κ3) is 10.0. The van der Waals surface area contributed by atoms with Gasteiger partial charge in [-0.2, -0.15) is 0 Å². The van der Waals surface area contributed by atoms with E-state index in [1.165, 1.54) is 102 Å². The largest absolute Gasteiger partial charge is 0.389 e. The molecule has 0 spiro atoms. The van der Waals surface area contributed by atoms with Gasteiger partial charge in [-0.25, -0.2) is 0 Å². The van der Waals surface area contributed by atoms with Gasteiger partial charge < -0.3 is 5.32 Å². The Morgan fingerprint density at radius 2 is 1.47 bits per heavy atom. The molecule has 0 heterocycles. The zero-order chi connectivity index (χ0) is 13.6. The SMILES string of the molecule is CCCCCCCCCCCCNC1=CCCCC1. The van der Waals surface area contributed by atoms with Crippen LogP contribution in [0.2, 0.25) is 0 Å². The first-order chi connectivity index (χ1) is 9.43. The lowest BCUT2D eigenvalue weighted by Gasteiger charge is -2.14. The molecule has 1 aliphatic carbocycles. The third-order valence-corrected chi connectivity index (χ3v) is 4.17. The van der Waals surface area contributed by atoms with Gasteiger partial charge in [-0.05, 0) is 32.1 Å². The average Bonchev–Trinajstić information content (AvgIpc) is 2.46. The summed E-state index contributed by atoms with van der Waals surface area (Å²) in [5.74, 6) is 0. The van der Waals surface area contributed by atoms with Crippen molar-refractivity contribution >= 4 is 0 Å². The molecule has 0 radical (unpaired) electrons. The fourth-order valence-corrected chi connectivity index (χ4v) is 2.86. The van der Waals surface area contributed by atoms with Crippen molar-refractivity contribution in [2.75, 3.05) is 6.54 Å². The molecule has 1 nitrogen and oxygen atoms in total. The van der Waals surface area contributed by atoms with Crippen LogP contribution in [-0.4, -0.2) is 6.54 Å². The summed E-state index contributed by atoms with van der Waals surface area (Å²) in [5, 5.41) is 3.61. The molecule has 0 fully saturated rings. The molecular weight excluding hydrogens is 230 g/mol. The van der Waals surface area contributed by atoms with Crippen molar-refractivity contribution < 1.29 is 0 Å². The molecule has 0 aromatic carbocycles. The summed E-state index contributed by atoms with van der Waals surface area (Å²) >= 11 is 0. The van der Waals surface area contributed by atoms with Gasteiger partial charge in [-0.3, -0.25) is 0 Å². The predicted octanol–water partition coefficient (Wildman–Crippen LogP) is 5.95.